The molecule has 0 saturated carbocycles. The Morgan fingerprint density at radius 2 is 1.67 bits per heavy atom. The van der Waals surface area contributed by atoms with Crippen molar-refractivity contribution in [3.05, 3.63) is 117 Å². The van der Waals surface area contributed by atoms with E-state index in [1.165, 1.54) is 0 Å². The van der Waals surface area contributed by atoms with Crippen LogP contribution in [0.2, 0.25) is 5.02 Å². The van der Waals surface area contributed by atoms with Gasteiger partial charge >= 0.3 is 0 Å². The van der Waals surface area contributed by atoms with Crippen molar-refractivity contribution in [2.24, 2.45) is 0 Å². The molecule has 4 aromatic rings. The molecule has 0 bridgehead atoms. The maximum atomic E-state index is 13.4. The van der Waals surface area contributed by atoms with E-state index in [1.54, 1.807) is 35.5 Å². The van der Waals surface area contributed by atoms with Crippen molar-refractivity contribution >= 4 is 28.8 Å². The fraction of sp³-hybridized carbons (Fsp3) is 0.148. The van der Waals surface area contributed by atoms with Gasteiger partial charge in [0, 0.05) is 11.4 Å². The molecule has 0 atom stereocenters. The van der Waals surface area contributed by atoms with Gasteiger partial charge in [-0.05, 0) is 46.8 Å². The molecule has 1 heterocycles. The molecule has 0 aliphatic heterocycles. The number of thiophene rings is 1. The van der Waals surface area contributed by atoms with Crippen molar-refractivity contribution in [2.75, 3.05) is 7.11 Å². The van der Waals surface area contributed by atoms with Crippen LogP contribution in [0.4, 0.5) is 0 Å². The summed E-state index contributed by atoms with van der Waals surface area (Å²) in [6, 6.07) is 26.9. The van der Waals surface area contributed by atoms with Crippen LogP contribution in [0.25, 0.3) is 0 Å². The zero-order valence-electron chi connectivity index (χ0n) is 18.2. The van der Waals surface area contributed by atoms with E-state index >= 15 is 0 Å². The molecular weight excluding hydrogens is 454 g/mol. The zero-order chi connectivity index (χ0) is 23.0. The summed E-state index contributed by atoms with van der Waals surface area (Å²) in [6.45, 7) is 1.36. The Morgan fingerprint density at radius 3 is 2.39 bits per heavy atom. The van der Waals surface area contributed by atoms with Crippen LogP contribution in [0.1, 0.15) is 26.4 Å². The highest BCUT2D eigenvalue weighted by molar-refractivity contribution is 7.09. The van der Waals surface area contributed by atoms with E-state index in [4.69, 9.17) is 21.1 Å². The molecule has 6 heteroatoms. The SMILES string of the molecule is COc1cc(CN(Cc2cccs2)C(=O)c2ccccc2Cl)ccc1OCc1ccccc1. The van der Waals surface area contributed by atoms with Crippen LogP contribution in [0.15, 0.2) is 90.3 Å². The number of methoxy groups -OCH3 is 1. The molecule has 4 nitrogen and oxygen atoms in total. The lowest BCUT2D eigenvalue weighted by Crippen LogP contribution is -2.30. The molecule has 0 unspecified atom stereocenters. The van der Waals surface area contributed by atoms with Crippen molar-refractivity contribution in [2.45, 2.75) is 19.7 Å². The van der Waals surface area contributed by atoms with Crippen LogP contribution in [0.3, 0.4) is 0 Å². The van der Waals surface area contributed by atoms with E-state index in [9.17, 15) is 4.79 Å². The third-order valence-corrected chi connectivity index (χ3v) is 6.35. The van der Waals surface area contributed by atoms with Gasteiger partial charge < -0.3 is 14.4 Å². The van der Waals surface area contributed by atoms with Crippen molar-refractivity contribution in [3.8, 4) is 11.5 Å². The lowest BCUT2D eigenvalue weighted by atomic mass is 10.1. The summed E-state index contributed by atoms with van der Waals surface area (Å²) in [5.41, 5.74) is 2.51. The lowest BCUT2D eigenvalue weighted by Gasteiger charge is -2.23. The number of hydrogen-bond acceptors (Lipinski definition) is 4. The molecule has 4 rings (SSSR count). The average Bonchev–Trinajstić information content (AvgIpc) is 3.36. The van der Waals surface area contributed by atoms with Crippen molar-refractivity contribution < 1.29 is 14.3 Å². The van der Waals surface area contributed by atoms with E-state index < -0.39 is 0 Å². The fourth-order valence-electron chi connectivity index (χ4n) is 3.48. The van der Waals surface area contributed by atoms with Gasteiger partial charge in [-0.3, -0.25) is 4.79 Å². The Morgan fingerprint density at radius 1 is 0.879 bits per heavy atom. The molecule has 33 heavy (non-hydrogen) atoms. The monoisotopic (exact) mass is 477 g/mol. The number of amides is 1. The highest BCUT2D eigenvalue weighted by Gasteiger charge is 2.20. The van der Waals surface area contributed by atoms with Gasteiger partial charge in [-0.2, -0.15) is 0 Å². The van der Waals surface area contributed by atoms with Gasteiger partial charge in [0.05, 0.1) is 24.2 Å². The molecule has 0 saturated heterocycles. The van der Waals surface area contributed by atoms with Gasteiger partial charge in [-0.25, -0.2) is 0 Å². The Kier molecular flexibility index (Phi) is 7.66. The number of ether oxygens (including phenoxy) is 2. The van der Waals surface area contributed by atoms with Crippen molar-refractivity contribution in [1.29, 1.82) is 0 Å². The topological polar surface area (TPSA) is 38.8 Å². The van der Waals surface area contributed by atoms with E-state index in [1.807, 2.05) is 78.2 Å². The molecule has 0 spiro atoms. The third kappa shape index (κ3) is 5.95. The summed E-state index contributed by atoms with van der Waals surface area (Å²) in [7, 11) is 1.62. The predicted molar refractivity (Wildman–Crippen MR) is 133 cm³/mol. The zero-order valence-corrected chi connectivity index (χ0v) is 19.8. The molecule has 168 valence electrons. The highest BCUT2D eigenvalue weighted by atomic mass is 35.5. The average molecular weight is 478 g/mol. The second kappa shape index (κ2) is 11.0. The molecular formula is C27H24ClNO3S. The fourth-order valence-corrected chi connectivity index (χ4v) is 4.42. The number of rotatable bonds is 9. The third-order valence-electron chi connectivity index (χ3n) is 5.16. The van der Waals surface area contributed by atoms with Crippen LogP contribution in [0, 0.1) is 0 Å². The van der Waals surface area contributed by atoms with Crippen molar-refractivity contribution in [3.63, 3.8) is 0 Å². The standard InChI is InChI=1S/C27H24ClNO3S/c1-31-26-16-21(13-14-25(26)32-19-20-8-3-2-4-9-20)17-29(18-22-10-7-15-33-22)27(30)23-11-5-6-12-24(23)28/h2-16H,17-19H2,1H3. The normalized spacial score (nSPS) is 10.6. The van der Waals surface area contributed by atoms with E-state index in [2.05, 4.69) is 0 Å². The highest BCUT2D eigenvalue weighted by Crippen LogP contribution is 2.30. The first kappa shape index (κ1) is 22.9. The van der Waals surface area contributed by atoms with Crippen LogP contribution in [-0.4, -0.2) is 17.9 Å². The maximum Gasteiger partial charge on any atom is 0.255 e. The summed E-state index contributed by atoms with van der Waals surface area (Å²) >= 11 is 7.94. The maximum absolute atomic E-state index is 13.4. The van der Waals surface area contributed by atoms with Crippen LogP contribution >= 0.6 is 22.9 Å². The van der Waals surface area contributed by atoms with E-state index in [-0.39, 0.29) is 5.91 Å². The lowest BCUT2D eigenvalue weighted by molar-refractivity contribution is 0.0732. The number of benzene rings is 3. The Hall–Kier alpha value is -3.28. The van der Waals surface area contributed by atoms with E-state index in [0.29, 0.717) is 41.8 Å². The number of nitrogens with zero attached hydrogens (tertiary/aromatic N) is 1. The molecule has 1 amide bonds. The number of carbonyl (C=O) groups is 1. The summed E-state index contributed by atoms with van der Waals surface area (Å²) in [5, 5.41) is 2.45. The summed E-state index contributed by atoms with van der Waals surface area (Å²) in [6.07, 6.45) is 0. The number of carbonyl (C=O) groups excluding carboxylic acids is 1. The van der Waals surface area contributed by atoms with Crippen LogP contribution in [-0.2, 0) is 19.7 Å². The molecule has 0 N–H and O–H groups in total. The first-order chi connectivity index (χ1) is 16.1. The molecule has 3 aromatic carbocycles. The van der Waals surface area contributed by atoms with Gasteiger partial charge in [-0.15, -0.1) is 11.3 Å². The number of hydrogen-bond donors (Lipinski definition) is 0. The summed E-state index contributed by atoms with van der Waals surface area (Å²) in [5.74, 6) is 1.18. The quantitative estimate of drug-likeness (QED) is 0.265. The van der Waals surface area contributed by atoms with Crippen molar-refractivity contribution in [1.82, 2.24) is 4.90 Å². The van der Waals surface area contributed by atoms with Gasteiger partial charge in [0.15, 0.2) is 11.5 Å². The Labute approximate surface area is 203 Å². The van der Waals surface area contributed by atoms with Gasteiger partial charge in [0.2, 0.25) is 0 Å². The molecule has 1 aromatic heterocycles. The van der Waals surface area contributed by atoms with Crippen LogP contribution < -0.4 is 9.47 Å². The van der Waals surface area contributed by atoms with E-state index in [0.717, 1.165) is 16.0 Å². The second-order valence-corrected chi connectivity index (χ2v) is 8.92. The molecule has 0 aliphatic rings. The minimum atomic E-state index is -0.114. The van der Waals surface area contributed by atoms with Gasteiger partial charge in [0.1, 0.15) is 6.61 Å². The smallest absolute Gasteiger partial charge is 0.255 e. The van der Waals surface area contributed by atoms with Gasteiger partial charge in [0.25, 0.3) is 5.91 Å². The first-order valence-electron chi connectivity index (χ1n) is 10.5. The minimum absolute atomic E-state index is 0.114. The number of halogens is 1. The Bertz CT molecular complexity index is 1200. The first-order valence-corrected chi connectivity index (χ1v) is 11.8. The molecule has 0 radical (unpaired) electrons. The summed E-state index contributed by atoms with van der Waals surface area (Å²) in [4.78, 5) is 16.3. The molecule has 0 fully saturated rings. The minimum Gasteiger partial charge on any atom is -0.493 e. The van der Waals surface area contributed by atoms with Gasteiger partial charge in [-0.1, -0.05) is 66.2 Å². The molecule has 0 aliphatic carbocycles. The predicted octanol–water partition coefficient (Wildman–Crippen LogP) is 6.83. The summed E-state index contributed by atoms with van der Waals surface area (Å²) < 4.78 is 11.5. The van der Waals surface area contributed by atoms with Crippen LogP contribution in [0.5, 0.6) is 11.5 Å². The Balaban J connectivity index is 1.55. The largest absolute Gasteiger partial charge is 0.493 e. The second-order valence-electron chi connectivity index (χ2n) is 7.48.